The first-order chi connectivity index (χ1) is 7.84. The zero-order chi connectivity index (χ0) is 11.0. The van der Waals surface area contributed by atoms with E-state index in [1.807, 2.05) is 12.1 Å². The average molecular weight is 282 g/mol. The van der Waals surface area contributed by atoms with E-state index in [1.165, 1.54) is 0 Å². The average Bonchev–Trinajstić information content (AvgIpc) is 2.93. The van der Waals surface area contributed by atoms with E-state index in [0.717, 1.165) is 34.7 Å². The number of hydrogen-bond acceptors (Lipinski definition) is 6. The first-order valence-corrected chi connectivity index (χ1v) is 5.60. The summed E-state index contributed by atoms with van der Waals surface area (Å²) < 4.78 is 5.49. The van der Waals surface area contributed by atoms with Crippen LogP contribution in [0.4, 0.5) is 5.69 Å². The van der Waals surface area contributed by atoms with E-state index in [2.05, 4.69) is 46.5 Å². The van der Waals surface area contributed by atoms with Crippen LogP contribution in [-0.4, -0.2) is 29.4 Å². The van der Waals surface area contributed by atoms with Crippen molar-refractivity contribution in [2.45, 2.75) is 0 Å². The second-order valence-electron chi connectivity index (χ2n) is 3.34. The number of nitrogens with zero attached hydrogens (tertiary/aromatic N) is 3. The molecular formula is C9H8BrN5O. The van der Waals surface area contributed by atoms with Gasteiger partial charge in [-0.15, -0.1) is 0 Å². The summed E-state index contributed by atoms with van der Waals surface area (Å²) in [4.78, 5) is 4.25. The summed E-state index contributed by atoms with van der Waals surface area (Å²) >= 11 is 3.46. The van der Waals surface area contributed by atoms with E-state index in [4.69, 9.17) is 0 Å². The first-order valence-electron chi connectivity index (χ1n) is 4.81. The molecule has 0 radical (unpaired) electrons. The first kappa shape index (κ1) is 9.59. The van der Waals surface area contributed by atoms with Crippen molar-refractivity contribution in [3.63, 3.8) is 0 Å². The van der Waals surface area contributed by atoms with Crippen molar-refractivity contribution in [3.05, 3.63) is 16.6 Å². The van der Waals surface area contributed by atoms with Crippen molar-refractivity contribution in [1.29, 1.82) is 0 Å². The molecule has 0 saturated carbocycles. The van der Waals surface area contributed by atoms with Gasteiger partial charge in [-0.3, -0.25) is 4.99 Å². The number of nitrogens with one attached hydrogen (secondary N) is 2. The van der Waals surface area contributed by atoms with Gasteiger partial charge in [0.1, 0.15) is 5.52 Å². The maximum Gasteiger partial charge on any atom is 0.195 e. The molecule has 0 amide bonds. The van der Waals surface area contributed by atoms with Gasteiger partial charge in [-0.05, 0) is 38.4 Å². The number of halogens is 1. The molecule has 1 aliphatic heterocycles. The van der Waals surface area contributed by atoms with E-state index in [-0.39, 0.29) is 0 Å². The summed E-state index contributed by atoms with van der Waals surface area (Å²) in [6.45, 7) is 1.67. The van der Waals surface area contributed by atoms with Crippen LogP contribution in [0, 0.1) is 0 Å². The van der Waals surface area contributed by atoms with Crippen molar-refractivity contribution < 1.29 is 4.63 Å². The minimum Gasteiger partial charge on any atom is -0.354 e. The highest BCUT2D eigenvalue weighted by Crippen LogP contribution is 2.29. The monoisotopic (exact) mass is 281 g/mol. The molecule has 1 aromatic heterocycles. The number of aliphatic imine (C=N–C) groups is 1. The van der Waals surface area contributed by atoms with Crippen LogP contribution in [0.1, 0.15) is 0 Å². The number of anilines is 1. The fraction of sp³-hybridized carbons (Fsp3) is 0.222. The number of rotatable bonds is 1. The van der Waals surface area contributed by atoms with Crippen LogP contribution >= 0.6 is 15.9 Å². The Kier molecular flexibility index (Phi) is 2.24. The van der Waals surface area contributed by atoms with Crippen LogP contribution in [-0.2, 0) is 0 Å². The normalized spacial score (nSPS) is 14.9. The van der Waals surface area contributed by atoms with Crippen molar-refractivity contribution in [2.75, 3.05) is 18.4 Å². The van der Waals surface area contributed by atoms with Gasteiger partial charge in [-0.2, -0.15) is 0 Å². The number of fused-ring (bicyclic) bond motifs is 1. The van der Waals surface area contributed by atoms with Crippen LogP contribution in [0.25, 0.3) is 11.0 Å². The highest BCUT2D eigenvalue weighted by molar-refractivity contribution is 9.10. The minimum atomic E-state index is 0.698. The Bertz CT molecular complexity index is 564. The summed E-state index contributed by atoms with van der Waals surface area (Å²) in [6.07, 6.45) is 0. The molecule has 7 heteroatoms. The zero-order valence-corrected chi connectivity index (χ0v) is 9.78. The van der Waals surface area contributed by atoms with Gasteiger partial charge >= 0.3 is 0 Å². The highest BCUT2D eigenvalue weighted by atomic mass is 79.9. The van der Waals surface area contributed by atoms with Crippen LogP contribution in [0.3, 0.4) is 0 Å². The third-order valence-corrected chi connectivity index (χ3v) is 3.10. The van der Waals surface area contributed by atoms with Gasteiger partial charge in [0.05, 0.1) is 16.7 Å². The number of aromatic nitrogens is 2. The predicted molar refractivity (Wildman–Crippen MR) is 63.4 cm³/mol. The molecule has 0 saturated heterocycles. The lowest BCUT2D eigenvalue weighted by molar-refractivity contribution is 0.315. The maximum atomic E-state index is 4.67. The maximum absolute atomic E-state index is 4.67. The second-order valence-corrected chi connectivity index (χ2v) is 4.13. The summed E-state index contributed by atoms with van der Waals surface area (Å²) in [6, 6.07) is 3.74. The van der Waals surface area contributed by atoms with E-state index < -0.39 is 0 Å². The van der Waals surface area contributed by atoms with Crippen molar-refractivity contribution >= 4 is 38.6 Å². The lowest BCUT2D eigenvalue weighted by atomic mass is 10.3. The van der Waals surface area contributed by atoms with E-state index in [1.54, 1.807) is 0 Å². The molecule has 3 rings (SSSR count). The minimum absolute atomic E-state index is 0.698. The fourth-order valence-corrected chi connectivity index (χ4v) is 2.03. The molecule has 2 heterocycles. The summed E-state index contributed by atoms with van der Waals surface area (Å²) in [5.41, 5.74) is 2.30. The number of benzene rings is 1. The molecule has 2 aromatic rings. The molecule has 16 heavy (non-hydrogen) atoms. The SMILES string of the molecule is Brc1c(NC2=NCCN2)ccc2nonc12. The largest absolute Gasteiger partial charge is 0.354 e. The molecule has 0 aliphatic carbocycles. The van der Waals surface area contributed by atoms with E-state index in [9.17, 15) is 0 Å². The molecule has 0 bridgehead atoms. The lowest BCUT2D eigenvalue weighted by Crippen LogP contribution is -2.26. The van der Waals surface area contributed by atoms with Crippen molar-refractivity contribution in [1.82, 2.24) is 15.6 Å². The topological polar surface area (TPSA) is 75.3 Å². The van der Waals surface area contributed by atoms with Crippen molar-refractivity contribution in [3.8, 4) is 0 Å². The molecule has 82 valence electrons. The van der Waals surface area contributed by atoms with Crippen molar-refractivity contribution in [2.24, 2.45) is 4.99 Å². The molecule has 0 atom stereocenters. The Morgan fingerprint density at radius 1 is 1.38 bits per heavy atom. The van der Waals surface area contributed by atoms with Crippen LogP contribution in [0.5, 0.6) is 0 Å². The summed E-state index contributed by atoms with van der Waals surface area (Å²) in [5, 5.41) is 13.9. The highest BCUT2D eigenvalue weighted by Gasteiger charge is 2.12. The number of guanidine groups is 1. The third kappa shape index (κ3) is 1.53. The van der Waals surface area contributed by atoms with Crippen LogP contribution < -0.4 is 10.6 Å². The van der Waals surface area contributed by atoms with Gasteiger partial charge in [-0.25, -0.2) is 4.63 Å². The molecule has 0 fully saturated rings. The Labute approximate surface area is 99.2 Å². The van der Waals surface area contributed by atoms with Gasteiger partial charge < -0.3 is 10.6 Å². The van der Waals surface area contributed by atoms with Gasteiger partial charge in [0.2, 0.25) is 0 Å². The van der Waals surface area contributed by atoms with Gasteiger partial charge in [0.15, 0.2) is 11.5 Å². The lowest BCUT2D eigenvalue weighted by Gasteiger charge is -2.07. The van der Waals surface area contributed by atoms with Gasteiger partial charge in [-0.1, -0.05) is 0 Å². The van der Waals surface area contributed by atoms with Gasteiger partial charge in [0, 0.05) is 6.54 Å². The Morgan fingerprint density at radius 2 is 2.31 bits per heavy atom. The molecule has 0 unspecified atom stereocenters. The predicted octanol–water partition coefficient (Wildman–Crippen LogP) is 1.36. The smallest absolute Gasteiger partial charge is 0.195 e. The molecule has 2 N–H and O–H groups in total. The van der Waals surface area contributed by atoms with Crippen LogP contribution in [0.2, 0.25) is 0 Å². The van der Waals surface area contributed by atoms with Crippen LogP contribution in [0.15, 0.2) is 26.2 Å². The number of hydrogen-bond donors (Lipinski definition) is 2. The molecule has 1 aliphatic rings. The summed E-state index contributed by atoms with van der Waals surface area (Å²) in [7, 11) is 0. The fourth-order valence-electron chi connectivity index (χ4n) is 1.53. The quantitative estimate of drug-likeness (QED) is 0.826. The van der Waals surface area contributed by atoms with E-state index in [0.29, 0.717) is 5.52 Å². The van der Waals surface area contributed by atoms with E-state index >= 15 is 0 Å². The Morgan fingerprint density at radius 3 is 3.12 bits per heavy atom. The Hall–Kier alpha value is -1.63. The summed E-state index contributed by atoms with van der Waals surface area (Å²) in [5.74, 6) is 0.775. The molecular weight excluding hydrogens is 274 g/mol. The molecule has 1 aromatic carbocycles. The zero-order valence-electron chi connectivity index (χ0n) is 8.20. The van der Waals surface area contributed by atoms with Gasteiger partial charge in [0.25, 0.3) is 0 Å². The Balaban J connectivity index is 1.99. The standard InChI is InChI=1S/C9H8BrN5O/c10-7-5(13-9-11-3-4-12-9)1-2-6-8(7)15-16-14-6/h1-2H,3-4H2,(H2,11,12,13). The molecule has 6 nitrogen and oxygen atoms in total. The molecule has 0 spiro atoms. The second kappa shape index (κ2) is 3.75. The third-order valence-electron chi connectivity index (χ3n) is 2.29.